The van der Waals surface area contributed by atoms with E-state index in [-0.39, 0.29) is 5.54 Å². The Balaban J connectivity index is 2.44. The van der Waals surface area contributed by atoms with Crippen LogP contribution >= 0.6 is 15.9 Å². The second kappa shape index (κ2) is 4.33. The number of halogens is 1. The van der Waals surface area contributed by atoms with E-state index in [1.165, 1.54) is 0 Å². The zero-order valence-corrected chi connectivity index (χ0v) is 12.0. The van der Waals surface area contributed by atoms with Crippen LogP contribution in [0.1, 0.15) is 20.8 Å². The average Bonchev–Trinajstić information content (AvgIpc) is 2.56. The Morgan fingerprint density at radius 2 is 2.18 bits per heavy atom. The first-order valence-corrected chi connectivity index (χ1v) is 6.60. The highest BCUT2D eigenvalue weighted by Gasteiger charge is 2.41. The standard InChI is InChI=1S/C13H18BrN3/c1-9(2)13(3)8-16-12(15)17(13)11-6-4-5-10(14)7-11/h4-7,9H,8H2,1-3H3,(H2,15,16). The number of hydrogen-bond donors (Lipinski definition) is 1. The van der Waals surface area contributed by atoms with Gasteiger partial charge in [0.25, 0.3) is 0 Å². The summed E-state index contributed by atoms with van der Waals surface area (Å²) in [7, 11) is 0. The third-order valence-corrected chi connectivity index (χ3v) is 4.10. The number of nitrogens with zero attached hydrogens (tertiary/aromatic N) is 2. The summed E-state index contributed by atoms with van der Waals surface area (Å²) in [5.41, 5.74) is 7.09. The summed E-state index contributed by atoms with van der Waals surface area (Å²) in [4.78, 5) is 6.54. The summed E-state index contributed by atoms with van der Waals surface area (Å²) in [6, 6.07) is 8.18. The highest BCUT2D eigenvalue weighted by atomic mass is 79.9. The molecule has 0 amide bonds. The van der Waals surface area contributed by atoms with Gasteiger partial charge in [0, 0.05) is 10.2 Å². The molecule has 0 fully saturated rings. The maximum Gasteiger partial charge on any atom is 0.196 e. The lowest BCUT2D eigenvalue weighted by molar-refractivity contribution is 0.366. The third kappa shape index (κ3) is 2.06. The van der Waals surface area contributed by atoms with E-state index in [9.17, 15) is 0 Å². The van der Waals surface area contributed by atoms with E-state index in [0.717, 1.165) is 16.7 Å². The van der Waals surface area contributed by atoms with Crippen LogP contribution in [0.25, 0.3) is 0 Å². The van der Waals surface area contributed by atoms with Gasteiger partial charge in [0.05, 0.1) is 12.1 Å². The van der Waals surface area contributed by atoms with Crippen LogP contribution < -0.4 is 10.6 Å². The van der Waals surface area contributed by atoms with E-state index in [2.05, 4.69) is 58.7 Å². The first-order valence-electron chi connectivity index (χ1n) is 5.81. The molecule has 0 aromatic heterocycles. The SMILES string of the molecule is CC(C)C1(C)CN=C(N)N1c1cccc(Br)c1. The van der Waals surface area contributed by atoms with Crippen LogP contribution in [0.5, 0.6) is 0 Å². The topological polar surface area (TPSA) is 41.6 Å². The van der Waals surface area contributed by atoms with Crippen molar-refractivity contribution in [3.63, 3.8) is 0 Å². The van der Waals surface area contributed by atoms with Crippen molar-refractivity contribution in [3.8, 4) is 0 Å². The Morgan fingerprint density at radius 3 is 2.76 bits per heavy atom. The number of hydrogen-bond acceptors (Lipinski definition) is 3. The van der Waals surface area contributed by atoms with E-state index in [1.54, 1.807) is 0 Å². The Kier molecular flexibility index (Phi) is 3.17. The van der Waals surface area contributed by atoms with Crippen LogP contribution in [0.4, 0.5) is 5.69 Å². The molecule has 1 atom stereocenters. The molecule has 1 aromatic rings. The van der Waals surface area contributed by atoms with Gasteiger partial charge < -0.3 is 10.6 Å². The molecule has 1 unspecified atom stereocenters. The minimum absolute atomic E-state index is 0.0368. The number of aliphatic imine (C=N–C) groups is 1. The van der Waals surface area contributed by atoms with Crippen LogP contribution in [0.3, 0.4) is 0 Å². The molecule has 2 rings (SSSR count). The van der Waals surface area contributed by atoms with Crippen LogP contribution in [-0.2, 0) is 0 Å². The highest BCUT2D eigenvalue weighted by Crippen LogP contribution is 2.34. The van der Waals surface area contributed by atoms with Gasteiger partial charge in [-0.2, -0.15) is 0 Å². The van der Waals surface area contributed by atoms with E-state index < -0.39 is 0 Å². The molecule has 0 bridgehead atoms. The van der Waals surface area contributed by atoms with Gasteiger partial charge in [-0.1, -0.05) is 35.8 Å². The van der Waals surface area contributed by atoms with E-state index >= 15 is 0 Å². The molecule has 17 heavy (non-hydrogen) atoms. The predicted octanol–water partition coefficient (Wildman–Crippen LogP) is 3.00. The maximum atomic E-state index is 6.04. The Hall–Kier alpha value is -1.03. The smallest absolute Gasteiger partial charge is 0.196 e. The third-order valence-electron chi connectivity index (χ3n) is 3.61. The maximum absolute atomic E-state index is 6.04. The molecule has 0 saturated carbocycles. The van der Waals surface area contributed by atoms with Gasteiger partial charge in [-0.05, 0) is 31.0 Å². The summed E-state index contributed by atoms with van der Waals surface area (Å²) in [6.07, 6.45) is 0. The molecule has 0 spiro atoms. The lowest BCUT2D eigenvalue weighted by atomic mass is 9.87. The number of benzene rings is 1. The molecule has 1 aromatic carbocycles. The molecular weight excluding hydrogens is 278 g/mol. The number of guanidine groups is 1. The summed E-state index contributed by atoms with van der Waals surface area (Å²) < 4.78 is 1.06. The van der Waals surface area contributed by atoms with Crippen LogP contribution in [0, 0.1) is 5.92 Å². The fraction of sp³-hybridized carbons (Fsp3) is 0.462. The van der Waals surface area contributed by atoms with Crippen LogP contribution in [0.2, 0.25) is 0 Å². The van der Waals surface area contributed by atoms with Gasteiger partial charge in [0.1, 0.15) is 0 Å². The Labute approximate surface area is 111 Å². The molecule has 92 valence electrons. The van der Waals surface area contributed by atoms with Gasteiger partial charge >= 0.3 is 0 Å². The van der Waals surface area contributed by atoms with Gasteiger partial charge in [-0.25, -0.2) is 0 Å². The molecule has 1 aliphatic rings. The zero-order chi connectivity index (χ0) is 12.6. The fourth-order valence-electron chi connectivity index (χ4n) is 2.13. The lowest BCUT2D eigenvalue weighted by Gasteiger charge is -2.39. The predicted molar refractivity (Wildman–Crippen MR) is 76.4 cm³/mol. The highest BCUT2D eigenvalue weighted by molar-refractivity contribution is 9.10. The van der Waals surface area contributed by atoms with E-state index in [1.807, 2.05) is 12.1 Å². The van der Waals surface area contributed by atoms with Crippen molar-refractivity contribution >= 4 is 27.6 Å². The normalized spacial score (nSPS) is 24.3. The molecule has 1 aliphatic heterocycles. The minimum Gasteiger partial charge on any atom is -0.369 e. The lowest BCUT2D eigenvalue weighted by Crippen LogP contribution is -2.53. The van der Waals surface area contributed by atoms with E-state index in [4.69, 9.17) is 5.73 Å². The molecule has 1 heterocycles. The summed E-state index contributed by atoms with van der Waals surface area (Å²) in [5.74, 6) is 1.09. The molecule has 3 nitrogen and oxygen atoms in total. The second-order valence-corrected chi connectivity index (χ2v) is 5.92. The van der Waals surface area contributed by atoms with Crippen molar-refractivity contribution in [2.45, 2.75) is 26.3 Å². The summed E-state index contributed by atoms with van der Waals surface area (Å²) in [6.45, 7) is 7.38. The van der Waals surface area contributed by atoms with Crippen LogP contribution in [-0.4, -0.2) is 18.0 Å². The average molecular weight is 296 g/mol. The molecule has 0 saturated heterocycles. The number of nitrogens with two attached hydrogens (primary N) is 1. The Bertz CT molecular complexity index is 456. The largest absolute Gasteiger partial charge is 0.369 e. The van der Waals surface area contributed by atoms with Gasteiger partial charge in [0.15, 0.2) is 5.96 Å². The quantitative estimate of drug-likeness (QED) is 0.911. The number of anilines is 1. The Morgan fingerprint density at radius 1 is 1.47 bits per heavy atom. The molecule has 0 aliphatic carbocycles. The van der Waals surface area contributed by atoms with Crippen LogP contribution in [0.15, 0.2) is 33.7 Å². The first kappa shape index (κ1) is 12.4. The summed E-state index contributed by atoms with van der Waals surface area (Å²) in [5, 5.41) is 0. The monoisotopic (exact) mass is 295 g/mol. The van der Waals surface area contributed by atoms with Crippen molar-refractivity contribution in [1.82, 2.24) is 0 Å². The molecule has 0 radical (unpaired) electrons. The van der Waals surface area contributed by atoms with Crippen molar-refractivity contribution in [2.24, 2.45) is 16.6 Å². The zero-order valence-electron chi connectivity index (χ0n) is 10.4. The van der Waals surface area contributed by atoms with Crippen molar-refractivity contribution < 1.29 is 0 Å². The van der Waals surface area contributed by atoms with Crippen molar-refractivity contribution in [3.05, 3.63) is 28.7 Å². The molecule has 2 N–H and O–H groups in total. The number of rotatable bonds is 2. The summed E-state index contributed by atoms with van der Waals surface area (Å²) >= 11 is 3.50. The molecule has 4 heteroatoms. The minimum atomic E-state index is -0.0368. The fourth-order valence-corrected chi connectivity index (χ4v) is 2.51. The van der Waals surface area contributed by atoms with E-state index in [0.29, 0.717) is 11.9 Å². The molecular formula is C13H18BrN3. The van der Waals surface area contributed by atoms with Gasteiger partial charge in [-0.3, -0.25) is 4.99 Å². The first-order chi connectivity index (χ1) is 7.95. The van der Waals surface area contributed by atoms with Gasteiger partial charge in [0.2, 0.25) is 0 Å². The van der Waals surface area contributed by atoms with Crippen molar-refractivity contribution in [1.29, 1.82) is 0 Å². The second-order valence-electron chi connectivity index (χ2n) is 5.00. The van der Waals surface area contributed by atoms with Crippen molar-refractivity contribution in [2.75, 3.05) is 11.4 Å². The van der Waals surface area contributed by atoms with Gasteiger partial charge in [-0.15, -0.1) is 0 Å².